The average Bonchev–Trinajstić information content (AvgIpc) is 2.49. The van der Waals surface area contributed by atoms with E-state index >= 15 is 0 Å². The molecule has 3 heteroatoms. The zero-order valence-corrected chi connectivity index (χ0v) is 11.8. The Kier molecular flexibility index (Phi) is 4.77. The van der Waals surface area contributed by atoms with Gasteiger partial charge in [-0.3, -0.25) is 0 Å². The summed E-state index contributed by atoms with van der Waals surface area (Å²) in [5, 5.41) is 0. The molecule has 0 bridgehead atoms. The van der Waals surface area contributed by atoms with E-state index in [1.807, 2.05) is 18.2 Å². The van der Waals surface area contributed by atoms with Crippen LogP contribution in [0.4, 0.5) is 0 Å². The molecule has 0 aliphatic heterocycles. The summed E-state index contributed by atoms with van der Waals surface area (Å²) in [5.41, 5.74) is 1.70. The summed E-state index contributed by atoms with van der Waals surface area (Å²) in [4.78, 5) is 11.4. The molecule has 0 radical (unpaired) electrons. The van der Waals surface area contributed by atoms with E-state index in [0.29, 0.717) is 11.3 Å². The van der Waals surface area contributed by atoms with Crippen molar-refractivity contribution in [2.75, 3.05) is 7.11 Å². The van der Waals surface area contributed by atoms with Crippen molar-refractivity contribution >= 4 is 5.97 Å². The van der Waals surface area contributed by atoms with Crippen LogP contribution in [-0.4, -0.2) is 13.1 Å². The zero-order chi connectivity index (χ0) is 14.4. The molecule has 20 heavy (non-hydrogen) atoms. The van der Waals surface area contributed by atoms with Crippen molar-refractivity contribution in [2.45, 2.75) is 19.8 Å². The first-order valence-electron chi connectivity index (χ1n) is 6.68. The summed E-state index contributed by atoms with van der Waals surface area (Å²) in [6.45, 7) is 2.14. The molecule has 0 heterocycles. The molecule has 2 rings (SSSR count). The van der Waals surface area contributed by atoms with E-state index < -0.39 is 0 Å². The SMILES string of the molecule is CCCc1ccccc1Oc1ccc(C(=O)OC)cc1. The van der Waals surface area contributed by atoms with Crippen molar-refractivity contribution in [3.05, 3.63) is 59.7 Å². The van der Waals surface area contributed by atoms with Crippen molar-refractivity contribution in [1.29, 1.82) is 0 Å². The highest BCUT2D eigenvalue weighted by atomic mass is 16.5. The number of carbonyl (C=O) groups is 1. The fourth-order valence-corrected chi connectivity index (χ4v) is 1.98. The van der Waals surface area contributed by atoms with E-state index in [0.717, 1.165) is 18.6 Å². The first-order valence-corrected chi connectivity index (χ1v) is 6.68. The summed E-state index contributed by atoms with van der Waals surface area (Å²) in [7, 11) is 1.37. The molecule has 0 atom stereocenters. The van der Waals surface area contributed by atoms with Gasteiger partial charge in [-0.25, -0.2) is 4.79 Å². The van der Waals surface area contributed by atoms with Crippen LogP contribution in [0, 0.1) is 0 Å². The number of rotatable bonds is 5. The Morgan fingerprint density at radius 1 is 1.05 bits per heavy atom. The maximum Gasteiger partial charge on any atom is 0.337 e. The first-order chi connectivity index (χ1) is 9.74. The predicted octanol–water partition coefficient (Wildman–Crippen LogP) is 4.22. The molecule has 0 amide bonds. The zero-order valence-electron chi connectivity index (χ0n) is 11.8. The monoisotopic (exact) mass is 270 g/mol. The molecule has 2 aromatic carbocycles. The van der Waals surface area contributed by atoms with Gasteiger partial charge < -0.3 is 9.47 Å². The van der Waals surface area contributed by atoms with Gasteiger partial charge in [-0.05, 0) is 42.3 Å². The molecule has 0 saturated carbocycles. The van der Waals surface area contributed by atoms with Gasteiger partial charge in [-0.1, -0.05) is 31.5 Å². The van der Waals surface area contributed by atoms with Gasteiger partial charge in [0.1, 0.15) is 11.5 Å². The number of benzene rings is 2. The molecule has 0 fully saturated rings. The number of methoxy groups -OCH3 is 1. The van der Waals surface area contributed by atoms with Crippen LogP contribution in [-0.2, 0) is 11.2 Å². The predicted molar refractivity (Wildman–Crippen MR) is 78.3 cm³/mol. The number of para-hydroxylation sites is 1. The van der Waals surface area contributed by atoms with Gasteiger partial charge in [0.15, 0.2) is 0 Å². The molecule has 0 aromatic heterocycles. The fraction of sp³-hybridized carbons (Fsp3) is 0.235. The second kappa shape index (κ2) is 6.75. The number of carbonyl (C=O) groups excluding carboxylic acids is 1. The largest absolute Gasteiger partial charge is 0.465 e. The van der Waals surface area contributed by atoms with Crippen molar-refractivity contribution in [1.82, 2.24) is 0 Å². The smallest absolute Gasteiger partial charge is 0.337 e. The minimum absolute atomic E-state index is 0.345. The second-order valence-electron chi connectivity index (χ2n) is 4.48. The van der Waals surface area contributed by atoms with E-state index in [1.165, 1.54) is 12.7 Å². The van der Waals surface area contributed by atoms with Crippen LogP contribution in [0.15, 0.2) is 48.5 Å². The molecule has 2 aromatic rings. The molecule has 0 aliphatic rings. The quantitative estimate of drug-likeness (QED) is 0.763. The molecule has 104 valence electrons. The van der Waals surface area contributed by atoms with Gasteiger partial charge in [-0.2, -0.15) is 0 Å². The summed E-state index contributed by atoms with van der Waals surface area (Å²) in [6.07, 6.45) is 2.05. The minimum atomic E-state index is -0.345. The lowest BCUT2D eigenvalue weighted by Gasteiger charge is -2.10. The summed E-state index contributed by atoms with van der Waals surface area (Å²) >= 11 is 0. The number of aryl methyl sites for hydroxylation is 1. The van der Waals surface area contributed by atoms with Crippen LogP contribution >= 0.6 is 0 Å². The molecule has 3 nitrogen and oxygen atoms in total. The Labute approximate surface area is 119 Å². The number of hydrogen-bond acceptors (Lipinski definition) is 3. The number of esters is 1. The highest BCUT2D eigenvalue weighted by molar-refractivity contribution is 5.89. The number of ether oxygens (including phenoxy) is 2. The lowest BCUT2D eigenvalue weighted by molar-refractivity contribution is 0.0600. The maximum absolute atomic E-state index is 11.4. The van der Waals surface area contributed by atoms with E-state index in [4.69, 9.17) is 4.74 Å². The summed E-state index contributed by atoms with van der Waals surface area (Å²) < 4.78 is 10.5. The Balaban J connectivity index is 2.16. The van der Waals surface area contributed by atoms with E-state index in [1.54, 1.807) is 24.3 Å². The molecule has 0 N–H and O–H groups in total. The van der Waals surface area contributed by atoms with Gasteiger partial charge >= 0.3 is 5.97 Å². The Bertz CT molecular complexity index is 573. The molecular formula is C17H18O3. The molecular weight excluding hydrogens is 252 g/mol. The van der Waals surface area contributed by atoms with Crippen LogP contribution in [0.1, 0.15) is 29.3 Å². The molecule has 0 aliphatic carbocycles. The number of hydrogen-bond donors (Lipinski definition) is 0. The van der Waals surface area contributed by atoms with Gasteiger partial charge in [-0.15, -0.1) is 0 Å². The third-order valence-electron chi connectivity index (χ3n) is 3.00. The molecule has 0 spiro atoms. The third kappa shape index (κ3) is 3.38. The Morgan fingerprint density at radius 2 is 1.75 bits per heavy atom. The summed E-state index contributed by atoms with van der Waals surface area (Å²) in [6, 6.07) is 14.9. The van der Waals surface area contributed by atoms with Crippen molar-refractivity contribution < 1.29 is 14.3 Å². The molecule has 0 saturated heterocycles. The molecule has 0 unspecified atom stereocenters. The second-order valence-corrected chi connectivity index (χ2v) is 4.48. The Morgan fingerprint density at radius 3 is 2.40 bits per heavy atom. The first kappa shape index (κ1) is 14.1. The topological polar surface area (TPSA) is 35.5 Å². The van der Waals surface area contributed by atoms with E-state index in [2.05, 4.69) is 17.7 Å². The highest BCUT2D eigenvalue weighted by Crippen LogP contribution is 2.26. The Hall–Kier alpha value is -2.29. The van der Waals surface area contributed by atoms with Crippen molar-refractivity contribution in [2.24, 2.45) is 0 Å². The maximum atomic E-state index is 11.4. The lowest BCUT2D eigenvalue weighted by Crippen LogP contribution is -2.00. The third-order valence-corrected chi connectivity index (χ3v) is 3.00. The van der Waals surface area contributed by atoms with Gasteiger partial charge in [0.25, 0.3) is 0 Å². The fourth-order valence-electron chi connectivity index (χ4n) is 1.98. The van der Waals surface area contributed by atoms with Crippen LogP contribution < -0.4 is 4.74 Å². The van der Waals surface area contributed by atoms with Gasteiger partial charge in [0, 0.05) is 0 Å². The highest BCUT2D eigenvalue weighted by Gasteiger charge is 2.07. The van der Waals surface area contributed by atoms with E-state index in [9.17, 15) is 4.79 Å². The van der Waals surface area contributed by atoms with Gasteiger partial charge in [0.05, 0.1) is 12.7 Å². The minimum Gasteiger partial charge on any atom is -0.465 e. The lowest BCUT2D eigenvalue weighted by atomic mass is 10.1. The van der Waals surface area contributed by atoms with Crippen LogP contribution in [0.25, 0.3) is 0 Å². The van der Waals surface area contributed by atoms with Crippen molar-refractivity contribution in [3.8, 4) is 11.5 Å². The van der Waals surface area contributed by atoms with Gasteiger partial charge in [0.2, 0.25) is 0 Å². The van der Waals surface area contributed by atoms with Crippen LogP contribution in [0.3, 0.4) is 0 Å². The van der Waals surface area contributed by atoms with Crippen molar-refractivity contribution in [3.63, 3.8) is 0 Å². The standard InChI is InChI=1S/C17H18O3/c1-3-6-13-7-4-5-8-16(13)20-15-11-9-14(10-12-15)17(18)19-2/h4-5,7-12H,3,6H2,1-2H3. The normalized spacial score (nSPS) is 10.1. The van der Waals surface area contributed by atoms with Crippen LogP contribution in [0.2, 0.25) is 0 Å². The summed E-state index contributed by atoms with van der Waals surface area (Å²) in [5.74, 6) is 1.23. The van der Waals surface area contributed by atoms with Crippen LogP contribution in [0.5, 0.6) is 11.5 Å². The van der Waals surface area contributed by atoms with E-state index in [-0.39, 0.29) is 5.97 Å². The average molecular weight is 270 g/mol.